The molecule has 0 bridgehead atoms. The maximum absolute atomic E-state index is 13.2. The summed E-state index contributed by atoms with van der Waals surface area (Å²) in [5.74, 6) is 2.68. The monoisotopic (exact) mass is 536 g/mol. The zero-order valence-electron chi connectivity index (χ0n) is 20.8. The Balaban J connectivity index is 1.50. The molecule has 3 aromatic rings. The predicted molar refractivity (Wildman–Crippen MR) is 138 cm³/mol. The SMILES string of the molecule is C[C@@H](O)[C@H](NC(=O)c1ccc(C#Cc2ccc(NC(=O)CNCc3cc(F)cc(F)c3)cc2)cc1)C(=O)NO. The molecule has 0 radical (unpaired) electrons. The Bertz CT molecular complexity index is 1360. The van der Waals surface area contributed by atoms with Gasteiger partial charge in [-0.05, 0) is 73.2 Å². The molecule has 9 nitrogen and oxygen atoms in total. The maximum Gasteiger partial charge on any atom is 0.268 e. The van der Waals surface area contributed by atoms with Crippen molar-refractivity contribution in [3.05, 3.63) is 101 Å². The third-order valence-electron chi connectivity index (χ3n) is 5.37. The molecule has 0 spiro atoms. The summed E-state index contributed by atoms with van der Waals surface area (Å²) in [5.41, 5.74) is 3.86. The highest BCUT2D eigenvalue weighted by molar-refractivity contribution is 5.97. The summed E-state index contributed by atoms with van der Waals surface area (Å²) in [4.78, 5) is 36.1. The Morgan fingerprint density at radius 2 is 1.46 bits per heavy atom. The number of benzene rings is 3. The third-order valence-corrected chi connectivity index (χ3v) is 5.37. The van der Waals surface area contributed by atoms with E-state index in [-0.39, 0.29) is 24.6 Å². The number of aliphatic hydroxyl groups excluding tert-OH is 1. The van der Waals surface area contributed by atoms with Gasteiger partial charge >= 0.3 is 0 Å². The number of halogens is 2. The Labute approximate surface area is 223 Å². The highest BCUT2D eigenvalue weighted by Crippen LogP contribution is 2.10. The summed E-state index contributed by atoms with van der Waals surface area (Å²) >= 11 is 0. The maximum atomic E-state index is 13.2. The van der Waals surface area contributed by atoms with Gasteiger partial charge in [-0.2, -0.15) is 0 Å². The lowest BCUT2D eigenvalue weighted by Gasteiger charge is -2.19. The van der Waals surface area contributed by atoms with Crippen LogP contribution in [0.25, 0.3) is 0 Å². The minimum absolute atomic E-state index is 0.0536. The van der Waals surface area contributed by atoms with Crippen LogP contribution in [-0.4, -0.2) is 46.7 Å². The first-order valence-electron chi connectivity index (χ1n) is 11.7. The molecule has 0 saturated heterocycles. The summed E-state index contributed by atoms with van der Waals surface area (Å²) in [6, 6.07) is 14.9. The second kappa shape index (κ2) is 13.8. The van der Waals surface area contributed by atoms with E-state index in [1.165, 1.54) is 36.7 Å². The molecular weight excluding hydrogens is 510 g/mol. The lowest BCUT2D eigenvalue weighted by molar-refractivity contribution is -0.133. The van der Waals surface area contributed by atoms with Gasteiger partial charge in [0.2, 0.25) is 5.91 Å². The minimum Gasteiger partial charge on any atom is -0.391 e. The number of amides is 3. The highest BCUT2D eigenvalue weighted by atomic mass is 19.1. The lowest BCUT2D eigenvalue weighted by atomic mass is 10.1. The van der Waals surface area contributed by atoms with Crippen molar-refractivity contribution in [3.8, 4) is 11.8 Å². The van der Waals surface area contributed by atoms with Crippen molar-refractivity contribution >= 4 is 23.4 Å². The fourth-order valence-corrected chi connectivity index (χ4v) is 3.42. The van der Waals surface area contributed by atoms with E-state index in [9.17, 15) is 28.3 Å². The molecule has 6 N–H and O–H groups in total. The van der Waals surface area contributed by atoms with Crippen molar-refractivity contribution < 1.29 is 33.5 Å². The van der Waals surface area contributed by atoms with Crippen molar-refractivity contribution in [2.75, 3.05) is 11.9 Å². The first-order chi connectivity index (χ1) is 18.6. The van der Waals surface area contributed by atoms with Crippen LogP contribution < -0.4 is 21.4 Å². The van der Waals surface area contributed by atoms with Crippen LogP contribution in [0.5, 0.6) is 0 Å². The highest BCUT2D eigenvalue weighted by Gasteiger charge is 2.25. The van der Waals surface area contributed by atoms with Gasteiger partial charge in [-0.3, -0.25) is 19.6 Å². The molecule has 0 saturated carbocycles. The average molecular weight is 537 g/mol. The van der Waals surface area contributed by atoms with E-state index in [1.54, 1.807) is 36.4 Å². The van der Waals surface area contributed by atoms with E-state index in [4.69, 9.17) is 5.21 Å². The first kappa shape index (κ1) is 28.9. The normalized spacial score (nSPS) is 11.9. The number of hydroxylamine groups is 1. The van der Waals surface area contributed by atoms with E-state index >= 15 is 0 Å². The van der Waals surface area contributed by atoms with Gasteiger partial charge in [-0.25, -0.2) is 14.3 Å². The van der Waals surface area contributed by atoms with Crippen molar-refractivity contribution in [1.29, 1.82) is 0 Å². The van der Waals surface area contributed by atoms with Crippen LogP contribution in [0.1, 0.15) is 34.0 Å². The standard InChI is InChI=1S/C28H26F2N4O5/c1-17(35)26(28(38)34-39)33-27(37)21-8-4-18(5-9-21)2-3-19-6-10-24(11-7-19)32-25(36)16-31-15-20-12-22(29)14-23(30)13-20/h4-14,17,26,31,35,39H,15-16H2,1H3,(H,32,36)(H,33,37)(H,34,38)/t17-,26+/m1/s1. The van der Waals surface area contributed by atoms with Crippen LogP contribution in [0.2, 0.25) is 0 Å². The predicted octanol–water partition coefficient (Wildman–Crippen LogP) is 2.08. The minimum atomic E-state index is -1.32. The van der Waals surface area contributed by atoms with Crippen LogP contribution in [0.15, 0.2) is 66.7 Å². The van der Waals surface area contributed by atoms with Gasteiger partial charge in [0.25, 0.3) is 11.8 Å². The molecule has 2 atom stereocenters. The van der Waals surface area contributed by atoms with Crippen molar-refractivity contribution in [1.82, 2.24) is 16.1 Å². The molecule has 0 heterocycles. The van der Waals surface area contributed by atoms with E-state index in [0.29, 0.717) is 22.4 Å². The Kier molecular flexibility index (Phi) is 10.2. The van der Waals surface area contributed by atoms with Crippen molar-refractivity contribution in [3.63, 3.8) is 0 Å². The number of carbonyl (C=O) groups excluding carboxylic acids is 3. The van der Waals surface area contributed by atoms with E-state index in [2.05, 4.69) is 27.8 Å². The smallest absolute Gasteiger partial charge is 0.268 e. The van der Waals surface area contributed by atoms with Crippen LogP contribution >= 0.6 is 0 Å². The summed E-state index contributed by atoms with van der Waals surface area (Å²) < 4.78 is 26.5. The van der Waals surface area contributed by atoms with E-state index in [0.717, 1.165) is 6.07 Å². The summed E-state index contributed by atoms with van der Waals surface area (Å²) in [5, 5.41) is 26.3. The second-order valence-corrected chi connectivity index (χ2v) is 8.50. The molecule has 202 valence electrons. The largest absolute Gasteiger partial charge is 0.391 e. The van der Waals surface area contributed by atoms with Crippen LogP contribution in [0, 0.1) is 23.5 Å². The molecule has 0 aromatic heterocycles. The molecular formula is C28H26F2N4O5. The molecule has 0 fully saturated rings. The topological polar surface area (TPSA) is 140 Å². The van der Waals surface area contributed by atoms with Gasteiger partial charge in [0.15, 0.2) is 0 Å². The second-order valence-electron chi connectivity index (χ2n) is 8.50. The number of rotatable bonds is 9. The van der Waals surface area contributed by atoms with Gasteiger partial charge < -0.3 is 21.1 Å². The fourth-order valence-electron chi connectivity index (χ4n) is 3.42. The molecule has 11 heteroatoms. The van der Waals surface area contributed by atoms with Crippen LogP contribution in [0.3, 0.4) is 0 Å². The number of anilines is 1. The fraction of sp³-hybridized carbons (Fsp3) is 0.179. The van der Waals surface area contributed by atoms with Crippen molar-refractivity contribution in [2.45, 2.75) is 25.6 Å². The molecule has 0 unspecified atom stereocenters. The van der Waals surface area contributed by atoms with Crippen LogP contribution in [-0.2, 0) is 16.1 Å². The van der Waals surface area contributed by atoms with Gasteiger partial charge in [0.05, 0.1) is 12.6 Å². The number of hydrogen-bond donors (Lipinski definition) is 6. The van der Waals surface area contributed by atoms with Gasteiger partial charge in [0.1, 0.15) is 17.7 Å². The number of aliphatic hydroxyl groups is 1. The molecule has 3 amide bonds. The average Bonchev–Trinajstić information content (AvgIpc) is 2.90. The number of carbonyl (C=O) groups is 3. The first-order valence-corrected chi connectivity index (χ1v) is 11.7. The number of hydrogen-bond acceptors (Lipinski definition) is 6. The van der Waals surface area contributed by atoms with Gasteiger partial charge in [-0.15, -0.1) is 0 Å². The van der Waals surface area contributed by atoms with Crippen LogP contribution in [0.4, 0.5) is 14.5 Å². The Morgan fingerprint density at radius 1 is 0.897 bits per heavy atom. The molecule has 3 rings (SSSR count). The summed E-state index contributed by atoms with van der Waals surface area (Å²) in [7, 11) is 0. The van der Waals surface area contributed by atoms with Gasteiger partial charge in [-0.1, -0.05) is 11.8 Å². The summed E-state index contributed by atoms with van der Waals surface area (Å²) in [6.07, 6.45) is -1.22. The molecule has 39 heavy (non-hydrogen) atoms. The summed E-state index contributed by atoms with van der Waals surface area (Å²) in [6.45, 7) is 1.38. The van der Waals surface area contributed by atoms with E-state index < -0.39 is 35.6 Å². The molecule has 3 aromatic carbocycles. The van der Waals surface area contributed by atoms with Crippen molar-refractivity contribution in [2.24, 2.45) is 0 Å². The molecule has 0 aliphatic rings. The Hall–Kier alpha value is -4.63. The lowest BCUT2D eigenvalue weighted by Crippen LogP contribution is -2.51. The molecule has 0 aliphatic heterocycles. The van der Waals surface area contributed by atoms with E-state index in [1.807, 2.05) is 0 Å². The zero-order valence-corrected chi connectivity index (χ0v) is 20.8. The van der Waals surface area contributed by atoms with Gasteiger partial charge in [0, 0.05) is 35.0 Å². The molecule has 0 aliphatic carbocycles. The quantitative estimate of drug-likeness (QED) is 0.141. The zero-order chi connectivity index (χ0) is 28.4. The Morgan fingerprint density at radius 3 is 2.00 bits per heavy atom. The third kappa shape index (κ3) is 9.01. The number of nitrogens with one attached hydrogen (secondary N) is 4.